The molecule has 0 unspecified atom stereocenters. The first-order valence-corrected chi connectivity index (χ1v) is 10.9. The van der Waals surface area contributed by atoms with E-state index in [1.54, 1.807) is 16.5 Å². The van der Waals surface area contributed by atoms with Gasteiger partial charge in [0.05, 0.1) is 24.5 Å². The first-order chi connectivity index (χ1) is 15.6. The van der Waals surface area contributed by atoms with E-state index in [0.29, 0.717) is 19.5 Å². The summed E-state index contributed by atoms with van der Waals surface area (Å²) in [6.07, 6.45) is 1.42. The zero-order valence-electron chi connectivity index (χ0n) is 18.4. The second-order valence-electron chi connectivity index (χ2n) is 7.56. The zero-order valence-corrected chi connectivity index (χ0v) is 18.4. The molecular formula is C25H27N3O4. The number of amides is 1. The van der Waals surface area contributed by atoms with Crippen LogP contribution in [0.3, 0.4) is 0 Å². The highest BCUT2D eigenvalue weighted by Crippen LogP contribution is 2.26. The van der Waals surface area contributed by atoms with Crippen LogP contribution in [0.15, 0.2) is 54.6 Å². The quantitative estimate of drug-likeness (QED) is 0.533. The van der Waals surface area contributed by atoms with Gasteiger partial charge in [-0.25, -0.2) is 9.48 Å². The Hall–Kier alpha value is -3.61. The van der Waals surface area contributed by atoms with Crippen LogP contribution in [0.5, 0.6) is 5.75 Å². The number of carbonyl (C=O) groups is 2. The van der Waals surface area contributed by atoms with Crippen molar-refractivity contribution in [3.05, 3.63) is 77.1 Å². The summed E-state index contributed by atoms with van der Waals surface area (Å²) in [5.41, 5.74) is 3.87. The van der Waals surface area contributed by atoms with Gasteiger partial charge >= 0.3 is 5.97 Å². The van der Waals surface area contributed by atoms with Crippen LogP contribution in [0.2, 0.25) is 0 Å². The minimum Gasteiger partial charge on any atom is -0.483 e. The Morgan fingerprint density at radius 2 is 1.78 bits per heavy atom. The maximum Gasteiger partial charge on any atom is 0.359 e. The molecule has 32 heavy (non-hydrogen) atoms. The average Bonchev–Trinajstić information content (AvgIpc) is 3.22. The number of esters is 1. The number of benzene rings is 2. The van der Waals surface area contributed by atoms with Gasteiger partial charge in [-0.3, -0.25) is 4.79 Å². The summed E-state index contributed by atoms with van der Waals surface area (Å²) in [5, 5.41) is 4.56. The fourth-order valence-electron chi connectivity index (χ4n) is 3.95. The predicted octanol–water partition coefficient (Wildman–Crippen LogP) is 3.58. The largest absolute Gasteiger partial charge is 0.483 e. The third-order valence-electron chi connectivity index (χ3n) is 5.58. The van der Waals surface area contributed by atoms with Crippen LogP contribution in [0.1, 0.15) is 41.2 Å². The van der Waals surface area contributed by atoms with Crippen molar-refractivity contribution in [3.63, 3.8) is 0 Å². The molecule has 0 spiro atoms. The topological polar surface area (TPSA) is 73.7 Å². The summed E-state index contributed by atoms with van der Waals surface area (Å²) in [6, 6.07) is 17.4. The Balaban J connectivity index is 1.56. The van der Waals surface area contributed by atoms with Gasteiger partial charge in [0.2, 0.25) is 0 Å². The number of hydrogen-bond donors (Lipinski definition) is 0. The molecule has 0 aliphatic carbocycles. The van der Waals surface area contributed by atoms with Crippen molar-refractivity contribution in [2.45, 2.75) is 33.2 Å². The van der Waals surface area contributed by atoms with Crippen LogP contribution in [0.4, 0.5) is 0 Å². The summed E-state index contributed by atoms with van der Waals surface area (Å²) >= 11 is 0. The highest BCUT2D eigenvalue weighted by atomic mass is 16.5. The van der Waals surface area contributed by atoms with Gasteiger partial charge in [-0.1, -0.05) is 43.3 Å². The van der Waals surface area contributed by atoms with Crippen LogP contribution >= 0.6 is 0 Å². The lowest BCUT2D eigenvalue weighted by molar-refractivity contribution is -0.134. The fourth-order valence-corrected chi connectivity index (χ4v) is 3.95. The van der Waals surface area contributed by atoms with Gasteiger partial charge in [0.15, 0.2) is 12.3 Å². The number of rotatable bonds is 7. The molecule has 1 aliphatic rings. The molecule has 4 rings (SSSR count). The molecular weight excluding hydrogens is 406 g/mol. The van der Waals surface area contributed by atoms with E-state index in [0.717, 1.165) is 34.7 Å². The maximum absolute atomic E-state index is 12.9. The van der Waals surface area contributed by atoms with E-state index >= 15 is 0 Å². The lowest BCUT2D eigenvalue weighted by Crippen LogP contribution is -2.39. The SMILES string of the molecule is CCOC(=O)c1nn(-c2ccccc2)c2c1CN(C(=O)COc1ccccc1CC)CC2. The van der Waals surface area contributed by atoms with Gasteiger partial charge in [0, 0.05) is 18.5 Å². The molecule has 7 nitrogen and oxygen atoms in total. The number of fused-ring (bicyclic) bond motifs is 1. The van der Waals surface area contributed by atoms with Gasteiger partial charge in [0.1, 0.15) is 5.75 Å². The summed E-state index contributed by atoms with van der Waals surface area (Å²) in [6.45, 7) is 4.86. The lowest BCUT2D eigenvalue weighted by atomic mass is 10.0. The molecule has 0 radical (unpaired) electrons. The number of aryl methyl sites for hydroxylation is 1. The molecule has 7 heteroatoms. The summed E-state index contributed by atoms with van der Waals surface area (Å²) in [4.78, 5) is 27.2. The van der Waals surface area contributed by atoms with Crippen molar-refractivity contribution in [2.75, 3.05) is 19.8 Å². The number of para-hydroxylation sites is 2. The van der Waals surface area contributed by atoms with Crippen LogP contribution in [-0.2, 0) is 28.9 Å². The Bertz CT molecular complexity index is 1110. The lowest BCUT2D eigenvalue weighted by Gasteiger charge is -2.28. The van der Waals surface area contributed by atoms with Crippen molar-refractivity contribution >= 4 is 11.9 Å². The molecule has 1 aromatic heterocycles. The van der Waals surface area contributed by atoms with E-state index in [4.69, 9.17) is 9.47 Å². The van der Waals surface area contributed by atoms with Crippen LogP contribution in [0, 0.1) is 0 Å². The van der Waals surface area contributed by atoms with Crippen molar-refractivity contribution in [1.82, 2.24) is 14.7 Å². The van der Waals surface area contributed by atoms with Crippen LogP contribution in [-0.4, -0.2) is 46.3 Å². The molecule has 0 N–H and O–H groups in total. The van der Waals surface area contributed by atoms with E-state index in [-0.39, 0.29) is 24.8 Å². The molecule has 1 aliphatic heterocycles. The molecule has 0 saturated heterocycles. The Morgan fingerprint density at radius 1 is 1.03 bits per heavy atom. The molecule has 3 aromatic rings. The van der Waals surface area contributed by atoms with Crippen molar-refractivity contribution in [1.29, 1.82) is 0 Å². The molecule has 166 valence electrons. The highest BCUT2D eigenvalue weighted by molar-refractivity contribution is 5.90. The summed E-state index contributed by atoms with van der Waals surface area (Å²) < 4.78 is 12.8. The van der Waals surface area contributed by atoms with Gasteiger partial charge in [-0.05, 0) is 37.1 Å². The minimum atomic E-state index is -0.471. The number of nitrogens with zero attached hydrogens (tertiary/aromatic N) is 3. The molecule has 1 amide bonds. The second kappa shape index (κ2) is 9.68. The first-order valence-electron chi connectivity index (χ1n) is 10.9. The zero-order chi connectivity index (χ0) is 22.5. The molecule has 2 aromatic carbocycles. The Morgan fingerprint density at radius 3 is 2.53 bits per heavy atom. The van der Waals surface area contributed by atoms with E-state index in [1.807, 2.05) is 54.6 Å². The Kier molecular flexibility index (Phi) is 6.54. The number of ether oxygens (including phenoxy) is 2. The van der Waals surface area contributed by atoms with Crippen molar-refractivity contribution < 1.29 is 19.1 Å². The standard InChI is InChI=1S/C25H27N3O4/c1-3-18-10-8-9-13-22(18)32-17-23(29)27-15-14-21-20(16-27)24(25(30)31-4-2)26-28(21)19-11-6-5-7-12-19/h5-13H,3-4,14-17H2,1-2H3. The monoisotopic (exact) mass is 433 g/mol. The molecule has 0 saturated carbocycles. The van der Waals surface area contributed by atoms with Crippen LogP contribution < -0.4 is 4.74 Å². The normalized spacial score (nSPS) is 12.9. The van der Waals surface area contributed by atoms with E-state index < -0.39 is 5.97 Å². The molecule has 0 fully saturated rings. The summed E-state index contributed by atoms with van der Waals surface area (Å²) in [7, 11) is 0. The molecule has 0 bridgehead atoms. The van der Waals surface area contributed by atoms with Crippen molar-refractivity contribution in [3.8, 4) is 11.4 Å². The first kappa shape index (κ1) is 21.6. The molecule has 0 atom stereocenters. The number of hydrogen-bond acceptors (Lipinski definition) is 5. The van der Waals surface area contributed by atoms with E-state index in [2.05, 4.69) is 12.0 Å². The smallest absolute Gasteiger partial charge is 0.359 e. The van der Waals surface area contributed by atoms with Gasteiger partial charge in [-0.2, -0.15) is 5.10 Å². The molecule has 2 heterocycles. The maximum atomic E-state index is 12.9. The van der Waals surface area contributed by atoms with Crippen molar-refractivity contribution in [2.24, 2.45) is 0 Å². The van der Waals surface area contributed by atoms with Gasteiger partial charge < -0.3 is 14.4 Å². The predicted molar refractivity (Wildman–Crippen MR) is 120 cm³/mol. The van der Waals surface area contributed by atoms with E-state index in [9.17, 15) is 9.59 Å². The minimum absolute atomic E-state index is 0.0477. The second-order valence-corrected chi connectivity index (χ2v) is 7.56. The van der Waals surface area contributed by atoms with Gasteiger partial charge in [-0.15, -0.1) is 0 Å². The average molecular weight is 434 g/mol. The third kappa shape index (κ3) is 4.37. The number of aromatic nitrogens is 2. The van der Waals surface area contributed by atoms with Crippen LogP contribution in [0.25, 0.3) is 5.69 Å². The van der Waals surface area contributed by atoms with E-state index in [1.165, 1.54) is 0 Å². The highest BCUT2D eigenvalue weighted by Gasteiger charge is 2.31. The fraction of sp³-hybridized carbons (Fsp3) is 0.320. The van der Waals surface area contributed by atoms with Gasteiger partial charge in [0.25, 0.3) is 5.91 Å². The third-order valence-corrected chi connectivity index (χ3v) is 5.58. The summed E-state index contributed by atoms with van der Waals surface area (Å²) in [5.74, 6) is 0.134. The Labute approximate surface area is 187 Å². The number of carbonyl (C=O) groups excluding carboxylic acids is 2.